The Morgan fingerprint density at radius 2 is 0.680 bits per heavy atom. The zero-order valence-electron chi connectivity index (χ0n) is 58.1. The van der Waals surface area contributed by atoms with Crippen molar-refractivity contribution in [2.75, 3.05) is 20.3 Å². The minimum atomic E-state index is -1.30. The van der Waals surface area contributed by atoms with Crippen LogP contribution in [0.4, 0.5) is 0 Å². The van der Waals surface area contributed by atoms with Gasteiger partial charge in [-0.3, -0.25) is 9.59 Å². The number of ether oxygens (including phenoxy) is 14. The van der Waals surface area contributed by atoms with E-state index in [1.807, 2.05) is 261 Å². The molecule has 3 aliphatic rings. The van der Waals surface area contributed by atoms with Crippen LogP contribution < -0.4 is 5.32 Å². The molecule has 0 aliphatic carbocycles. The summed E-state index contributed by atoms with van der Waals surface area (Å²) in [6.45, 7) is 2.98. The van der Waals surface area contributed by atoms with Gasteiger partial charge < -0.3 is 71.6 Å². The van der Waals surface area contributed by atoms with E-state index in [0.29, 0.717) is 0 Å². The number of carbonyl (C=O) groups excluding carboxylic acids is 2. The summed E-state index contributed by atoms with van der Waals surface area (Å²) < 4.78 is 101. The third-order valence-corrected chi connectivity index (χ3v) is 19.3. The molecule has 12 rings (SSSR count). The number of rotatable bonds is 36. The molecule has 0 spiro atoms. The molecule has 17 nitrogen and oxygen atoms in total. The lowest BCUT2D eigenvalue weighted by Gasteiger charge is -2.50. The summed E-state index contributed by atoms with van der Waals surface area (Å²) in [5.74, 6) is -0.908. The molecule has 1 amide bonds. The average molecular weight is 1410 g/mol. The van der Waals surface area contributed by atoms with Crippen LogP contribution in [-0.4, -0.2) is 123 Å². The molecule has 0 radical (unpaired) electrons. The van der Waals surface area contributed by atoms with Crippen molar-refractivity contribution in [1.29, 1.82) is 0 Å². The van der Waals surface area contributed by atoms with Gasteiger partial charge >= 0.3 is 5.97 Å². The van der Waals surface area contributed by atoms with Crippen LogP contribution in [0.25, 0.3) is 0 Å². The predicted molar refractivity (Wildman–Crippen MR) is 389 cm³/mol. The van der Waals surface area contributed by atoms with E-state index in [9.17, 15) is 9.59 Å². The highest BCUT2D eigenvalue weighted by Crippen LogP contribution is 2.42. The highest BCUT2D eigenvalue weighted by atomic mass is 32.2. The largest absolute Gasteiger partial charge is 0.457 e. The summed E-state index contributed by atoms with van der Waals surface area (Å²) in [6, 6.07) is 89.5. The topological polar surface area (TPSA) is 175 Å². The van der Waals surface area contributed by atoms with Gasteiger partial charge in [0, 0.05) is 18.4 Å². The lowest BCUT2D eigenvalue weighted by molar-refractivity contribution is -0.368. The summed E-state index contributed by atoms with van der Waals surface area (Å²) in [6.07, 6.45) is -14.1. The van der Waals surface area contributed by atoms with Crippen LogP contribution in [0.2, 0.25) is 0 Å². The third-order valence-electron chi connectivity index (χ3n) is 18.1. The number of benzene rings is 9. The fourth-order valence-corrected chi connectivity index (χ4v) is 13.9. The van der Waals surface area contributed by atoms with Crippen LogP contribution in [0.5, 0.6) is 0 Å². The van der Waals surface area contributed by atoms with Gasteiger partial charge in [-0.25, -0.2) is 0 Å². The van der Waals surface area contributed by atoms with Gasteiger partial charge in [-0.05, 0) is 63.6 Å². The van der Waals surface area contributed by atoms with Gasteiger partial charge in [0.2, 0.25) is 5.91 Å². The van der Waals surface area contributed by atoms with Gasteiger partial charge in [-0.2, -0.15) is 0 Å². The SMILES string of the molecule is CNC(=O)CCC(=O)O[C@@H]1C(C)O[C@@H](OC[C@@H]2O[C@@H](O[C@@H]3C(COCc4ccccc4)O[C@@H](Sc4ccccc4)C(OCc4ccccc4)[C@@H]3OCc3ccccc3)C(OCc3ccccc3)C(OCc3ccccc3)[C@H]2OCc2ccccc2)C(OCc2ccccc2)[C@H]1OCc1ccccc1. The van der Waals surface area contributed by atoms with Crippen molar-refractivity contribution in [3.8, 4) is 0 Å². The van der Waals surface area contributed by atoms with E-state index in [-0.39, 0.29) is 84.8 Å². The van der Waals surface area contributed by atoms with Crippen LogP contribution in [0, 0.1) is 0 Å². The quantitative estimate of drug-likeness (QED) is 0.0367. The normalized spacial score (nSPS) is 24.8. The van der Waals surface area contributed by atoms with E-state index in [1.54, 1.807) is 18.7 Å². The molecule has 3 aliphatic heterocycles. The van der Waals surface area contributed by atoms with Crippen LogP contribution in [0.3, 0.4) is 0 Å². The van der Waals surface area contributed by atoms with Gasteiger partial charge in [0.25, 0.3) is 0 Å². The minimum absolute atomic E-state index is 0.0625. The van der Waals surface area contributed by atoms with Crippen LogP contribution in [0.15, 0.2) is 278 Å². The monoisotopic (exact) mass is 1410 g/mol. The number of hydrogen-bond donors (Lipinski definition) is 1. The lowest BCUT2D eigenvalue weighted by atomic mass is 9.96. The fourth-order valence-electron chi connectivity index (χ4n) is 12.7. The fraction of sp³-hybridized carbons (Fsp3) is 0.341. The van der Waals surface area contributed by atoms with Gasteiger partial charge in [0.05, 0.1) is 78.6 Å². The van der Waals surface area contributed by atoms with Gasteiger partial charge in [-0.1, -0.05) is 273 Å². The molecular formula is C85H91NO16S. The number of thioether (sulfide) groups is 1. The van der Waals surface area contributed by atoms with Crippen molar-refractivity contribution in [1.82, 2.24) is 5.32 Å². The Morgan fingerprint density at radius 3 is 1.10 bits per heavy atom. The Hall–Kier alpha value is -8.25. The molecule has 0 bridgehead atoms. The zero-order valence-corrected chi connectivity index (χ0v) is 58.9. The Morgan fingerprint density at radius 1 is 0.340 bits per heavy atom. The average Bonchev–Trinajstić information content (AvgIpc) is 0.770. The molecule has 3 saturated heterocycles. The summed E-state index contributed by atoms with van der Waals surface area (Å²) >= 11 is 1.54. The molecule has 538 valence electrons. The molecular weight excluding hydrogens is 1320 g/mol. The Balaban J connectivity index is 0.962. The highest BCUT2D eigenvalue weighted by Gasteiger charge is 2.56. The van der Waals surface area contributed by atoms with E-state index < -0.39 is 97.2 Å². The standard InChI is InChI=1S/C85H91NO16S/c1-60-74(101-73(88)49-48-72(87)86-2)77(91-52-63-34-16-5-17-35-63)80(94-55-66-40-22-8-23-41-66)83(98-60)97-59-71-75(90-51-62-32-14-4-15-33-62)78(92-53-64-36-18-6-19-37-64)81(95-56-67-42-24-9-25-43-67)84(99-71)102-76-70(58-89-50-61-30-12-3-13-31-61)100-85(103-69-46-28-11-29-47-69)82(96-57-68-44-26-10-27-45-68)79(76)93-54-65-38-20-7-21-39-65/h3-47,60,70-71,74-85H,48-59H2,1-2H3,(H,86,87)/t60?,70?,71-,74+,75-,76+,77-,78?,79+,80?,81?,82?,83+,84-,85-/m0/s1. The first-order valence-electron chi connectivity index (χ1n) is 35.3. The van der Waals surface area contributed by atoms with Gasteiger partial charge in [-0.15, -0.1) is 0 Å². The van der Waals surface area contributed by atoms with Gasteiger partial charge in [0.15, 0.2) is 18.7 Å². The molecule has 103 heavy (non-hydrogen) atoms. The molecule has 18 heteroatoms. The summed E-state index contributed by atoms with van der Waals surface area (Å²) in [5, 5.41) is 2.59. The first-order chi connectivity index (χ1) is 50.8. The van der Waals surface area contributed by atoms with E-state index in [2.05, 4.69) is 17.4 Å². The molecule has 9 aromatic rings. The number of hydrogen-bond acceptors (Lipinski definition) is 17. The maximum atomic E-state index is 13.9. The second-order valence-corrected chi connectivity index (χ2v) is 26.8. The van der Waals surface area contributed by atoms with Crippen molar-refractivity contribution < 1.29 is 75.9 Å². The molecule has 9 aromatic carbocycles. The maximum absolute atomic E-state index is 13.9. The summed E-state index contributed by atoms with van der Waals surface area (Å²) in [7, 11) is 1.52. The van der Waals surface area contributed by atoms with Crippen LogP contribution in [0.1, 0.15) is 64.3 Å². The molecule has 1 N–H and O–H groups in total. The predicted octanol–water partition coefficient (Wildman–Crippen LogP) is 14.1. The molecule has 3 fully saturated rings. The molecule has 0 aromatic heterocycles. The highest BCUT2D eigenvalue weighted by molar-refractivity contribution is 7.99. The third kappa shape index (κ3) is 22.2. The van der Waals surface area contributed by atoms with E-state index in [0.717, 1.165) is 49.4 Å². The minimum Gasteiger partial charge on any atom is -0.457 e. The van der Waals surface area contributed by atoms with Crippen molar-refractivity contribution in [3.63, 3.8) is 0 Å². The lowest BCUT2D eigenvalue weighted by Crippen LogP contribution is -2.66. The summed E-state index contributed by atoms with van der Waals surface area (Å²) in [4.78, 5) is 27.3. The number of esters is 1. The van der Waals surface area contributed by atoms with Gasteiger partial charge in [0.1, 0.15) is 66.5 Å². The molecule has 6 unspecified atom stereocenters. The number of nitrogens with one attached hydrogen (secondary N) is 1. The molecule has 3 heterocycles. The smallest absolute Gasteiger partial charge is 0.306 e. The summed E-state index contributed by atoms with van der Waals surface area (Å²) in [5.41, 5.74) is 6.65. The Kier molecular flexibility index (Phi) is 28.6. The van der Waals surface area contributed by atoms with E-state index in [1.165, 1.54) is 7.05 Å². The Bertz CT molecular complexity index is 3870. The van der Waals surface area contributed by atoms with Crippen LogP contribution in [-0.2, 0) is 129 Å². The Labute approximate surface area is 608 Å². The zero-order chi connectivity index (χ0) is 70.6. The first-order valence-corrected chi connectivity index (χ1v) is 36.2. The van der Waals surface area contributed by atoms with Crippen molar-refractivity contribution in [2.24, 2.45) is 0 Å². The molecule has 0 saturated carbocycles. The molecule has 15 atom stereocenters. The maximum Gasteiger partial charge on any atom is 0.306 e. The van der Waals surface area contributed by atoms with E-state index >= 15 is 0 Å². The second kappa shape index (κ2) is 39.6. The van der Waals surface area contributed by atoms with Crippen molar-refractivity contribution in [2.45, 2.75) is 169 Å². The first kappa shape index (κ1) is 74.5. The van der Waals surface area contributed by atoms with E-state index in [4.69, 9.17) is 66.3 Å². The van der Waals surface area contributed by atoms with Crippen molar-refractivity contribution in [3.05, 3.63) is 317 Å². The number of carbonyl (C=O) groups is 2. The second-order valence-electron chi connectivity index (χ2n) is 25.6. The van der Waals surface area contributed by atoms with Crippen molar-refractivity contribution >= 4 is 23.6 Å². The van der Waals surface area contributed by atoms with Crippen LogP contribution >= 0.6 is 11.8 Å². The number of amides is 1.